The van der Waals surface area contributed by atoms with Crippen LogP contribution in [0.2, 0.25) is 0 Å². The van der Waals surface area contributed by atoms with Crippen LogP contribution in [0.1, 0.15) is 12.5 Å². The third-order valence-corrected chi connectivity index (χ3v) is 3.64. The van der Waals surface area contributed by atoms with Crippen molar-refractivity contribution in [2.45, 2.75) is 19.4 Å². The molecule has 0 saturated heterocycles. The molecule has 0 aliphatic carbocycles. The summed E-state index contributed by atoms with van der Waals surface area (Å²) < 4.78 is 11.5. The van der Waals surface area contributed by atoms with E-state index in [1.807, 2.05) is 18.4 Å². The van der Waals surface area contributed by atoms with Crippen LogP contribution in [0.15, 0.2) is 18.2 Å². The highest BCUT2D eigenvalue weighted by molar-refractivity contribution is 8.22. The van der Waals surface area contributed by atoms with Gasteiger partial charge in [-0.2, -0.15) is 0 Å². The summed E-state index contributed by atoms with van der Waals surface area (Å²) in [5.41, 5.74) is 1.22. The number of thioether (sulfide) groups is 1. The van der Waals surface area contributed by atoms with Crippen LogP contribution in [0.3, 0.4) is 0 Å². The number of rotatable bonds is 3. The molecule has 0 spiro atoms. The third kappa shape index (κ3) is 3.26. The van der Waals surface area contributed by atoms with Crippen molar-refractivity contribution in [2.75, 3.05) is 13.0 Å². The van der Waals surface area contributed by atoms with E-state index in [0.717, 1.165) is 22.2 Å². The van der Waals surface area contributed by atoms with Crippen LogP contribution < -0.4 is 14.8 Å². The molecule has 0 bridgehead atoms. The molecule has 1 unspecified atom stereocenters. The predicted octanol–water partition coefficient (Wildman–Crippen LogP) is 2.58. The molecule has 1 aromatic rings. The summed E-state index contributed by atoms with van der Waals surface area (Å²) in [6, 6.07) is 6.36. The number of hydrogen-bond acceptors (Lipinski definition) is 4. The minimum Gasteiger partial charge on any atom is -0.454 e. The Morgan fingerprint density at radius 2 is 2.24 bits per heavy atom. The van der Waals surface area contributed by atoms with E-state index in [9.17, 15) is 0 Å². The van der Waals surface area contributed by atoms with Crippen molar-refractivity contribution in [1.82, 2.24) is 5.32 Å². The maximum Gasteiger partial charge on any atom is 0.231 e. The maximum absolute atomic E-state index is 5.35. The number of benzene rings is 1. The van der Waals surface area contributed by atoms with Crippen molar-refractivity contribution < 1.29 is 9.47 Å². The van der Waals surface area contributed by atoms with Gasteiger partial charge in [0.15, 0.2) is 11.5 Å². The van der Waals surface area contributed by atoms with Gasteiger partial charge in [0.05, 0.1) is 0 Å². The summed E-state index contributed by atoms with van der Waals surface area (Å²) in [5, 5.41) is 3.27. The lowest BCUT2D eigenvalue weighted by molar-refractivity contribution is 0.174. The highest BCUT2D eigenvalue weighted by Gasteiger charge is 2.14. The Morgan fingerprint density at radius 3 is 3.00 bits per heavy atom. The van der Waals surface area contributed by atoms with E-state index in [0.29, 0.717) is 12.8 Å². The van der Waals surface area contributed by atoms with Crippen LogP contribution in [0.25, 0.3) is 0 Å². The molecule has 0 saturated carbocycles. The van der Waals surface area contributed by atoms with Gasteiger partial charge in [0.2, 0.25) is 6.79 Å². The van der Waals surface area contributed by atoms with Gasteiger partial charge < -0.3 is 14.8 Å². The van der Waals surface area contributed by atoms with Gasteiger partial charge in [0, 0.05) is 6.04 Å². The van der Waals surface area contributed by atoms with Crippen molar-refractivity contribution in [3.8, 4) is 11.5 Å². The first-order chi connectivity index (χ1) is 8.19. The average Bonchev–Trinajstić information content (AvgIpc) is 2.75. The molecule has 0 amide bonds. The van der Waals surface area contributed by atoms with Crippen LogP contribution in [0.4, 0.5) is 0 Å². The molecule has 1 aliphatic rings. The molecule has 92 valence electrons. The average molecular weight is 269 g/mol. The smallest absolute Gasteiger partial charge is 0.231 e. The molecule has 1 aromatic carbocycles. The summed E-state index contributed by atoms with van der Waals surface area (Å²) in [7, 11) is 0. The predicted molar refractivity (Wildman–Crippen MR) is 75.0 cm³/mol. The molecule has 17 heavy (non-hydrogen) atoms. The van der Waals surface area contributed by atoms with Gasteiger partial charge in [0.1, 0.15) is 4.32 Å². The van der Waals surface area contributed by atoms with E-state index in [-0.39, 0.29) is 0 Å². The summed E-state index contributed by atoms with van der Waals surface area (Å²) >= 11 is 6.69. The Morgan fingerprint density at radius 1 is 1.47 bits per heavy atom. The molecular weight excluding hydrogens is 254 g/mol. The van der Waals surface area contributed by atoms with E-state index in [2.05, 4.69) is 18.3 Å². The summed E-state index contributed by atoms with van der Waals surface area (Å²) in [4.78, 5) is 0. The standard InChI is InChI=1S/C12H15NO2S2/c1-8(13-12(16)17-2)5-9-3-4-10-11(6-9)15-7-14-10/h3-4,6,8H,5,7H2,1-2H3,(H,13,16). The van der Waals surface area contributed by atoms with Gasteiger partial charge in [-0.1, -0.05) is 18.3 Å². The van der Waals surface area contributed by atoms with Crippen molar-refractivity contribution >= 4 is 28.3 Å². The normalized spacial score (nSPS) is 14.5. The van der Waals surface area contributed by atoms with Crippen LogP contribution in [-0.4, -0.2) is 23.4 Å². The minimum absolute atomic E-state index is 0.315. The molecule has 0 fully saturated rings. The fourth-order valence-corrected chi connectivity index (χ4v) is 2.25. The number of hydrogen-bond donors (Lipinski definition) is 1. The van der Waals surface area contributed by atoms with Crippen molar-refractivity contribution in [3.05, 3.63) is 23.8 Å². The summed E-state index contributed by atoms with van der Waals surface area (Å²) in [6.45, 7) is 2.44. The Labute approximate surface area is 111 Å². The fraction of sp³-hybridized carbons (Fsp3) is 0.417. The van der Waals surface area contributed by atoms with Gasteiger partial charge >= 0.3 is 0 Å². The van der Waals surface area contributed by atoms with Gasteiger partial charge in [-0.05, 0) is 37.3 Å². The van der Waals surface area contributed by atoms with Gasteiger partial charge in [-0.3, -0.25) is 0 Å². The lowest BCUT2D eigenvalue weighted by atomic mass is 10.1. The second-order valence-corrected chi connectivity index (χ2v) is 5.41. The molecule has 1 atom stereocenters. The molecule has 1 heterocycles. The Bertz CT molecular complexity index is 423. The van der Waals surface area contributed by atoms with Gasteiger partial charge in [0.25, 0.3) is 0 Å². The van der Waals surface area contributed by atoms with Crippen LogP contribution >= 0.6 is 24.0 Å². The Balaban J connectivity index is 1.97. The SMILES string of the molecule is CSC(=S)NC(C)Cc1ccc2c(c1)OCO2. The van der Waals surface area contributed by atoms with Crippen molar-refractivity contribution in [3.63, 3.8) is 0 Å². The fourth-order valence-electron chi connectivity index (χ4n) is 1.73. The molecule has 5 heteroatoms. The largest absolute Gasteiger partial charge is 0.454 e. The van der Waals surface area contributed by atoms with Gasteiger partial charge in [-0.25, -0.2) is 0 Å². The van der Waals surface area contributed by atoms with E-state index in [4.69, 9.17) is 21.7 Å². The van der Waals surface area contributed by atoms with Crippen molar-refractivity contribution in [1.29, 1.82) is 0 Å². The zero-order valence-electron chi connectivity index (χ0n) is 9.86. The lowest BCUT2D eigenvalue weighted by Crippen LogP contribution is -2.30. The molecule has 2 rings (SSSR count). The molecular formula is C12H15NO2S2. The lowest BCUT2D eigenvalue weighted by Gasteiger charge is -2.14. The first-order valence-corrected chi connectivity index (χ1v) is 7.05. The summed E-state index contributed by atoms with van der Waals surface area (Å²) in [5.74, 6) is 1.66. The molecule has 1 aliphatic heterocycles. The topological polar surface area (TPSA) is 30.5 Å². The number of fused-ring (bicyclic) bond motifs is 1. The van der Waals surface area contributed by atoms with E-state index >= 15 is 0 Å². The van der Waals surface area contributed by atoms with Crippen molar-refractivity contribution in [2.24, 2.45) is 0 Å². The quantitative estimate of drug-likeness (QED) is 0.852. The minimum atomic E-state index is 0.315. The van der Waals surface area contributed by atoms with Gasteiger partial charge in [-0.15, -0.1) is 11.8 Å². The second-order valence-electron chi connectivity index (χ2n) is 3.93. The maximum atomic E-state index is 5.35. The first-order valence-electron chi connectivity index (χ1n) is 5.42. The summed E-state index contributed by atoms with van der Waals surface area (Å²) in [6.07, 6.45) is 2.89. The number of ether oxygens (including phenoxy) is 2. The third-order valence-electron chi connectivity index (χ3n) is 2.53. The van der Waals surface area contributed by atoms with E-state index in [1.165, 1.54) is 5.56 Å². The monoisotopic (exact) mass is 269 g/mol. The second kappa shape index (κ2) is 5.60. The highest BCUT2D eigenvalue weighted by atomic mass is 32.2. The van der Waals surface area contributed by atoms with Crippen LogP contribution in [0.5, 0.6) is 11.5 Å². The Kier molecular flexibility index (Phi) is 4.12. The molecule has 1 N–H and O–H groups in total. The van der Waals surface area contributed by atoms with E-state index < -0.39 is 0 Å². The number of nitrogens with one attached hydrogen (secondary N) is 1. The molecule has 3 nitrogen and oxygen atoms in total. The zero-order valence-corrected chi connectivity index (χ0v) is 11.5. The number of thiocarbonyl (C=S) groups is 1. The van der Waals surface area contributed by atoms with Crippen LogP contribution in [-0.2, 0) is 6.42 Å². The van der Waals surface area contributed by atoms with Crippen LogP contribution in [0, 0.1) is 0 Å². The first kappa shape index (κ1) is 12.5. The molecule has 0 aromatic heterocycles. The zero-order chi connectivity index (χ0) is 12.3. The Hall–Kier alpha value is -0.940. The highest BCUT2D eigenvalue weighted by Crippen LogP contribution is 2.32. The van der Waals surface area contributed by atoms with E-state index in [1.54, 1.807) is 11.8 Å². The molecule has 0 radical (unpaired) electrons.